The molecule has 110 valence electrons. The van der Waals surface area contributed by atoms with E-state index < -0.39 is 0 Å². The molecule has 0 saturated carbocycles. The lowest BCUT2D eigenvalue weighted by Crippen LogP contribution is -2.15. The van der Waals surface area contributed by atoms with Crippen LogP contribution in [0.5, 0.6) is 0 Å². The standard InChI is InChI=1S/C14H17N5O2/c1-9-12(8-19(2)17-9)14(20)16-11-5-3-10(4-6-11)7-13(15)18-21/h3-6,8,21H,7H2,1-2H3,(H2,15,18)(H,16,20). The van der Waals surface area contributed by atoms with E-state index >= 15 is 0 Å². The van der Waals surface area contributed by atoms with Crippen LogP contribution in [-0.2, 0) is 13.5 Å². The molecule has 2 aromatic rings. The predicted octanol–water partition coefficient (Wildman–Crippen LogP) is 1.27. The van der Waals surface area contributed by atoms with Crippen molar-refractivity contribution in [2.24, 2.45) is 17.9 Å². The van der Waals surface area contributed by atoms with Crippen LogP contribution >= 0.6 is 0 Å². The molecule has 1 amide bonds. The lowest BCUT2D eigenvalue weighted by molar-refractivity contribution is 0.102. The van der Waals surface area contributed by atoms with E-state index in [0.29, 0.717) is 23.4 Å². The Morgan fingerprint density at radius 3 is 2.62 bits per heavy atom. The van der Waals surface area contributed by atoms with E-state index in [4.69, 9.17) is 10.9 Å². The zero-order valence-electron chi connectivity index (χ0n) is 11.9. The molecular formula is C14H17N5O2. The third-order valence-electron chi connectivity index (χ3n) is 2.98. The van der Waals surface area contributed by atoms with Crippen molar-refractivity contribution in [3.8, 4) is 0 Å². The molecule has 0 fully saturated rings. The molecule has 0 radical (unpaired) electrons. The number of aromatic nitrogens is 2. The Balaban J connectivity index is 2.06. The normalized spacial score (nSPS) is 11.4. The van der Waals surface area contributed by atoms with Gasteiger partial charge in [-0.15, -0.1) is 0 Å². The second-order valence-electron chi connectivity index (χ2n) is 4.72. The second-order valence-corrected chi connectivity index (χ2v) is 4.72. The van der Waals surface area contributed by atoms with Gasteiger partial charge in [-0.3, -0.25) is 9.48 Å². The van der Waals surface area contributed by atoms with E-state index in [1.807, 2.05) is 12.1 Å². The van der Waals surface area contributed by atoms with Crippen molar-refractivity contribution in [3.05, 3.63) is 47.3 Å². The van der Waals surface area contributed by atoms with Crippen molar-refractivity contribution in [3.63, 3.8) is 0 Å². The van der Waals surface area contributed by atoms with Gasteiger partial charge in [-0.05, 0) is 24.6 Å². The maximum absolute atomic E-state index is 12.1. The Bertz CT molecular complexity index is 673. The van der Waals surface area contributed by atoms with Gasteiger partial charge in [-0.1, -0.05) is 17.3 Å². The first-order chi connectivity index (χ1) is 9.99. The lowest BCUT2D eigenvalue weighted by Gasteiger charge is -2.05. The van der Waals surface area contributed by atoms with Crippen LogP contribution in [-0.4, -0.2) is 26.7 Å². The molecule has 21 heavy (non-hydrogen) atoms. The smallest absolute Gasteiger partial charge is 0.259 e. The summed E-state index contributed by atoms with van der Waals surface area (Å²) in [6.07, 6.45) is 2.03. The third-order valence-corrected chi connectivity index (χ3v) is 2.98. The zero-order chi connectivity index (χ0) is 15.4. The highest BCUT2D eigenvalue weighted by molar-refractivity contribution is 6.04. The van der Waals surface area contributed by atoms with Gasteiger partial charge in [0.2, 0.25) is 0 Å². The van der Waals surface area contributed by atoms with E-state index in [0.717, 1.165) is 5.56 Å². The molecule has 7 heteroatoms. The summed E-state index contributed by atoms with van der Waals surface area (Å²) < 4.78 is 1.60. The number of amidine groups is 1. The summed E-state index contributed by atoms with van der Waals surface area (Å²) in [5.41, 5.74) is 8.22. The van der Waals surface area contributed by atoms with Crippen molar-refractivity contribution in [2.75, 3.05) is 5.32 Å². The molecule has 0 aliphatic carbocycles. The molecule has 0 bridgehead atoms. The number of nitrogens with one attached hydrogen (secondary N) is 1. The Hall–Kier alpha value is -2.83. The molecule has 0 saturated heterocycles. The van der Waals surface area contributed by atoms with Gasteiger partial charge in [0.1, 0.15) is 5.84 Å². The number of amides is 1. The summed E-state index contributed by atoms with van der Waals surface area (Å²) in [5, 5.41) is 18.4. The number of hydrogen-bond acceptors (Lipinski definition) is 4. The monoisotopic (exact) mass is 287 g/mol. The molecule has 0 atom stereocenters. The topological polar surface area (TPSA) is 106 Å². The number of anilines is 1. The molecule has 1 aromatic heterocycles. The molecule has 0 aliphatic heterocycles. The fourth-order valence-corrected chi connectivity index (χ4v) is 1.97. The van der Waals surface area contributed by atoms with Gasteiger partial charge < -0.3 is 16.3 Å². The Kier molecular flexibility index (Phi) is 4.22. The highest BCUT2D eigenvalue weighted by atomic mass is 16.4. The van der Waals surface area contributed by atoms with Crippen LogP contribution in [0.3, 0.4) is 0 Å². The minimum atomic E-state index is -0.204. The van der Waals surface area contributed by atoms with Crippen LogP contribution in [0.25, 0.3) is 0 Å². The maximum Gasteiger partial charge on any atom is 0.259 e. The molecule has 1 heterocycles. The average molecular weight is 287 g/mol. The van der Waals surface area contributed by atoms with Crippen molar-refractivity contribution in [1.82, 2.24) is 9.78 Å². The van der Waals surface area contributed by atoms with Crippen LogP contribution in [0.1, 0.15) is 21.6 Å². The number of nitrogens with two attached hydrogens (primary N) is 1. The quantitative estimate of drug-likeness (QED) is 0.341. The van der Waals surface area contributed by atoms with Gasteiger partial charge in [0.05, 0.1) is 11.3 Å². The number of rotatable bonds is 4. The highest BCUT2D eigenvalue weighted by Crippen LogP contribution is 2.13. The van der Waals surface area contributed by atoms with Crippen LogP contribution in [0, 0.1) is 6.92 Å². The molecule has 2 rings (SSSR count). The molecule has 7 nitrogen and oxygen atoms in total. The van der Waals surface area contributed by atoms with E-state index in [2.05, 4.69) is 15.6 Å². The Morgan fingerprint density at radius 1 is 1.43 bits per heavy atom. The van der Waals surface area contributed by atoms with Gasteiger partial charge in [0.25, 0.3) is 5.91 Å². The zero-order valence-corrected chi connectivity index (χ0v) is 11.9. The van der Waals surface area contributed by atoms with Crippen molar-refractivity contribution < 1.29 is 10.0 Å². The van der Waals surface area contributed by atoms with E-state index in [1.54, 1.807) is 37.0 Å². The van der Waals surface area contributed by atoms with Crippen LogP contribution < -0.4 is 11.1 Å². The first-order valence-electron chi connectivity index (χ1n) is 6.36. The SMILES string of the molecule is Cc1nn(C)cc1C(=O)Nc1ccc(C/C(N)=N/O)cc1. The molecule has 0 unspecified atom stereocenters. The average Bonchev–Trinajstić information content (AvgIpc) is 2.80. The van der Waals surface area contributed by atoms with E-state index in [1.165, 1.54) is 0 Å². The van der Waals surface area contributed by atoms with Crippen molar-refractivity contribution >= 4 is 17.4 Å². The highest BCUT2D eigenvalue weighted by Gasteiger charge is 2.12. The number of nitrogens with zero attached hydrogens (tertiary/aromatic N) is 3. The third kappa shape index (κ3) is 3.59. The molecule has 4 N–H and O–H groups in total. The number of hydrogen-bond donors (Lipinski definition) is 3. The molecule has 1 aromatic carbocycles. The van der Waals surface area contributed by atoms with Gasteiger partial charge in [-0.2, -0.15) is 5.10 Å². The van der Waals surface area contributed by atoms with E-state index in [-0.39, 0.29) is 11.7 Å². The number of aryl methyl sites for hydroxylation is 2. The van der Waals surface area contributed by atoms with Crippen molar-refractivity contribution in [2.45, 2.75) is 13.3 Å². The number of benzene rings is 1. The molecule has 0 aliphatic rings. The number of oxime groups is 1. The number of carbonyl (C=O) groups excluding carboxylic acids is 1. The Labute approximate surface area is 122 Å². The van der Waals surface area contributed by atoms with Gasteiger partial charge in [0.15, 0.2) is 0 Å². The second kappa shape index (κ2) is 6.08. The summed E-state index contributed by atoms with van der Waals surface area (Å²) in [4.78, 5) is 12.1. The maximum atomic E-state index is 12.1. The first-order valence-corrected chi connectivity index (χ1v) is 6.36. The predicted molar refractivity (Wildman–Crippen MR) is 79.5 cm³/mol. The summed E-state index contributed by atoms with van der Waals surface area (Å²) in [5.74, 6) is -0.0671. The summed E-state index contributed by atoms with van der Waals surface area (Å²) >= 11 is 0. The van der Waals surface area contributed by atoms with E-state index in [9.17, 15) is 4.79 Å². The lowest BCUT2D eigenvalue weighted by atomic mass is 10.1. The van der Waals surface area contributed by atoms with Gasteiger partial charge >= 0.3 is 0 Å². The minimum Gasteiger partial charge on any atom is -0.409 e. The Morgan fingerprint density at radius 2 is 2.10 bits per heavy atom. The van der Waals surface area contributed by atoms with Crippen LogP contribution in [0.4, 0.5) is 5.69 Å². The fraction of sp³-hybridized carbons (Fsp3) is 0.214. The van der Waals surface area contributed by atoms with Crippen LogP contribution in [0.15, 0.2) is 35.6 Å². The summed E-state index contributed by atoms with van der Waals surface area (Å²) in [6.45, 7) is 1.79. The minimum absolute atomic E-state index is 0.137. The van der Waals surface area contributed by atoms with Gasteiger partial charge in [0, 0.05) is 25.4 Å². The molecular weight excluding hydrogens is 270 g/mol. The van der Waals surface area contributed by atoms with Crippen molar-refractivity contribution in [1.29, 1.82) is 0 Å². The summed E-state index contributed by atoms with van der Waals surface area (Å²) in [6, 6.07) is 7.15. The fourth-order valence-electron chi connectivity index (χ4n) is 1.97. The van der Waals surface area contributed by atoms with Gasteiger partial charge in [-0.25, -0.2) is 0 Å². The largest absolute Gasteiger partial charge is 0.409 e. The molecule has 0 spiro atoms. The van der Waals surface area contributed by atoms with Crippen LogP contribution in [0.2, 0.25) is 0 Å². The first kappa shape index (κ1) is 14.6. The number of carbonyl (C=O) groups is 1. The summed E-state index contributed by atoms with van der Waals surface area (Å²) in [7, 11) is 1.77.